The zero-order valence-electron chi connectivity index (χ0n) is 13.7. The van der Waals surface area contributed by atoms with Gasteiger partial charge in [0.1, 0.15) is 5.82 Å². The number of benzene rings is 2. The molecular weight excluding hydrogens is 460 g/mol. The predicted molar refractivity (Wildman–Crippen MR) is 105 cm³/mol. The van der Waals surface area contributed by atoms with Crippen LogP contribution in [-0.2, 0) is 13.1 Å². The van der Waals surface area contributed by atoms with Crippen LogP contribution in [0.2, 0.25) is 10.0 Å². The number of nitrogens with two attached hydrogens (primary N) is 1. The van der Waals surface area contributed by atoms with E-state index in [9.17, 15) is 9.18 Å². The molecule has 0 bridgehead atoms. The molecule has 140 valence electrons. The molecule has 0 saturated heterocycles. The topological polar surface area (TPSA) is 85.8 Å². The van der Waals surface area contributed by atoms with Crippen LogP contribution in [0, 0.1) is 5.82 Å². The van der Waals surface area contributed by atoms with Gasteiger partial charge in [-0.15, -0.1) is 5.10 Å². The Balaban J connectivity index is 1.71. The van der Waals surface area contributed by atoms with E-state index >= 15 is 0 Å². The van der Waals surface area contributed by atoms with Gasteiger partial charge in [0.2, 0.25) is 0 Å². The van der Waals surface area contributed by atoms with Crippen molar-refractivity contribution < 1.29 is 9.18 Å². The first-order valence-electron chi connectivity index (χ1n) is 7.70. The van der Waals surface area contributed by atoms with E-state index in [0.717, 1.165) is 0 Å². The zero-order chi connectivity index (χ0) is 19.6. The highest BCUT2D eigenvalue weighted by Crippen LogP contribution is 2.21. The fourth-order valence-corrected chi connectivity index (χ4v) is 3.14. The first-order valence-corrected chi connectivity index (χ1v) is 9.25. The normalized spacial score (nSPS) is 10.8. The van der Waals surface area contributed by atoms with E-state index < -0.39 is 11.7 Å². The number of anilines is 1. The molecule has 6 nitrogen and oxygen atoms in total. The van der Waals surface area contributed by atoms with Crippen molar-refractivity contribution in [2.24, 2.45) is 0 Å². The van der Waals surface area contributed by atoms with E-state index in [2.05, 4.69) is 31.6 Å². The van der Waals surface area contributed by atoms with Crippen molar-refractivity contribution in [1.29, 1.82) is 0 Å². The molecule has 3 N–H and O–H groups in total. The molecule has 0 aliphatic rings. The number of carbonyl (C=O) groups is 1. The lowest BCUT2D eigenvalue weighted by Crippen LogP contribution is -2.24. The summed E-state index contributed by atoms with van der Waals surface area (Å²) in [5.74, 6) is -0.888. The highest BCUT2D eigenvalue weighted by Gasteiger charge is 2.18. The number of nitrogens with one attached hydrogen (secondary N) is 1. The predicted octanol–water partition coefficient (Wildman–Crippen LogP) is 4.05. The van der Waals surface area contributed by atoms with Gasteiger partial charge >= 0.3 is 0 Å². The van der Waals surface area contributed by atoms with Crippen molar-refractivity contribution in [3.8, 4) is 0 Å². The standard InChI is InChI=1S/C17H13BrCl2FN5O/c18-11-3-1-10(14(21)5-11)8-26-16(22)15(24-25-26)17(27)23-7-9-2-4-12(19)6-13(9)20/h1-6H,7-8,22H2,(H,23,27). The van der Waals surface area contributed by atoms with Gasteiger partial charge in [0, 0.05) is 26.6 Å². The van der Waals surface area contributed by atoms with Gasteiger partial charge in [-0.25, -0.2) is 9.07 Å². The third-order valence-corrected chi connectivity index (χ3v) is 4.86. The van der Waals surface area contributed by atoms with Crippen molar-refractivity contribution in [1.82, 2.24) is 20.3 Å². The maximum Gasteiger partial charge on any atom is 0.275 e. The van der Waals surface area contributed by atoms with Crippen molar-refractivity contribution in [2.45, 2.75) is 13.1 Å². The van der Waals surface area contributed by atoms with Gasteiger partial charge in [0.15, 0.2) is 11.5 Å². The Morgan fingerprint density at radius 2 is 1.96 bits per heavy atom. The first kappa shape index (κ1) is 19.6. The third kappa shape index (κ3) is 4.58. The Labute approximate surface area is 172 Å². The summed E-state index contributed by atoms with van der Waals surface area (Å²) in [5, 5.41) is 11.2. The summed E-state index contributed by atoms with van der Waals surface area (Å²) in [4.78, 5) is 12.3. The van der Waals surface area contributed by atoms with E-state index in [0.29, 0.717) is 25.6 Å². The number of amides is 1. The van der Waals surface area contributed by atoms with Crippen molar-refractivity contribution in [3.63, 3.8) is 0 Å². The molecule has 0 aliphatic carbocycles. The minimum Gasteiger partial charge on any atom is -0.382 e. The molecule has 1 amide bonds. The van der Waals surface area contributed by atoms with Gasteiger partial charge in [0.05, 0.1) is 6.54 Å². The summed E-state index contributed by atoms with van der Waals surface area (Å²) in [6, 6.07) is 9.61. The minimum atomic E-state index is -0.513. The number of carbonyl (C=O) groups excluding carboxylic acids is 1. The van der Waals surface area contributed by atoms with Gasteiger partial charge in [-0.05, 0) is 29.8 Å². The number of nitrogens with zero attached hydrogens (tertiary/aromatic N) is 3. The Bertz CT molecular complexity index is 1010. The van der Waals surface area contributed by atoms with Crippen molar-refractivity contribution >= 4 is 50.9 Å². The van der Waals surface area contributed by atoms with Gasteiger partial charge in [-0.3, -0.25) is 4.79 Å². The number of hydrogen-bond donors (Lipinski definition) is 2. The summed E-state index contributed by atoms with van der Waals surface area (Å²) < 4.78 is 15.9. The van der Waals surface area contributed by atoms with Crippen LogP contribution >= 0.6 is 39.1 Å². The Kier molecular flexibility index (Phi) is 5.98. The van der Waals surface area contributed by atoms with E-state index in [1.807, 2.05) is 0 Å². The molecule has 0 fully saturated rings. The van der Waals surface area contributed by atoms with Crippen LogP contribution in [0.4, 0.5) is 10.2 Å². The quantitative estimate of drug-likeness (QED) is 0.586. The number of hydrogen-bond acceptors (Lipinski definition) is 4. The molecule has 10 heteroatoms. The number of rotatable bonds is 5. The molecule has 2 aromatic carbocycles. The number of nitrogen functional groups attached to an aromatic ring is 1. The summed E-state index contributed by atoms with van der Waals surface area (Å²) in [7, 11) is 0. The molecule has 0 saturated carbocycles. The largest absolute Gasteiger partial charge is 0.382 e. The molecule has 3 rings (SSSR count). The molecule has 0 unspecified atom stereocenters. The van der Waals surface area contributed by atoms with E-state index in [-0.39, 0.29) is 24.6 Å². The average Bonchev–Trinajstić information content (AvgIpc) is 2.97. The second-order valence-electron chi connectivity index (χ2n) is 5.64. The van der Waals surface area contributed by atoms with Crippen LogP contribution in [0.5, 0.6) is 0 Å². The van der Waals surface area contributed by atoms with Crippen LogP contribution in [0.25, 0.3) is 0 Å². The van der Waals surface area contributed by atoms with Gasteiger partial charge in [-0.2, -0.15) is 0 Å². The SMILES string of the molecule is Nc1c(C(=O)NCc2ccc(Cl)cc2Cl)nnn1Cc1ccc(Br)cc1F. The molecule has 1 aromatic heterocycles. The summed E-state index contributed by atoms with van der Waals surface area (Å²) in [5.41, 5.74) is 6.97. The molecule has 0 spiro atoms. The van der Waals surface area contributed by atoms with Crippen LogP contribution in [-0.4, -0.2) is 20.9 Å². The highest BCUT2D eigenvalue weighted by molar-refractivity contribution is 9.10. The van der Waals surface area contributed by atoms with Gasteiger partial charge in [0.25, 0.3) is 5.91 Å². The van der Waals surface area contributed by atoms with Crippen LogP contribution in [0.1, 0.15) is 21.6 Å². The molecule has 0 atom stereocenters. The van der Waals surface area contributed by atoms with Crippen molar-refractivity contribution in [3.05, 3.63) is 73.6 Å². The lowest BCUT2D eigenvalue weighted by molar-refractivity contribution is 0.0947. The Hall–Kier alpha value is -2.16. The second kappa shape index (κ2) is 8.24. The van der Waals surface area contributed by atoms with Crippen molar-refractivity contribution in [2.75, 3.05) is 5.73 Å². The highest BCUT2D eigenvalue weighted by atomic mass is 79.9. The molecule has 3 aromatic rings. The van der Waals surface area contributed by atoms with Crippen LogP contribution in [0.3, 0.4) is 0 Å². The first-order chi connectivity index (χ1) is 12.8. The molecule has 27 heavy (non-hydrogen) atoms. The van der Waals surface area contributed by atoms with E-state index in [4.69, 9.17) is 28.9 Å². The maximum atomic E-state index is 14.0. The maximum absolute atomic E-state index is 14.0. The molecule has 0 radical (unpaired) electrons. The smallest absolute Gasteiger partial charge is 0.275 e. The molecular formula is C17H13BrCl2FN5O. The van der Waals surface area contributed by atoms with Crippen LogP contribution in [0.15, 0.2) is 40.9 Å². The zero-order valence-corrected chi connectivity index (χ0v) is 16.8. The van der Waals surface area contributed by atoms with Crippen LogP contribution < -0.4 is 11.1 Å². The minimum absolute atomic E-state index is 0.0389. The fraction of sp³-hybridized carbons (Fsp3) is 0.118. The molecule has 0 aliphatic heterocycles. The van der Waals surface area contributed by atoms with E-state index in [1.165, 1.54) is 10.7 Å². The van der Waals surface area contributed by atoms with E-state index in [1.54, 1.807) is 30.3 Å². The van der Waals surface area contributed by atoms with Gasteiger partial charge < -0.3 is 11.1 Å². The third-order valence-electron chi connectivity index (χ3n) is 3.78. The Morgan fingerprint density at radius 1 is 1.22 bits per heavy atom. The summed E-state index contributed by atoms with van der Waals surface area (Å²) >= 11 is 15.1. The summed E-state index contributed by atoms with van der Waals surface area (Å²) in [6.07, 6.45) is 0. The second-order valence-corrected chi connectivity index (χ2v) is 7.39. The lowest BCUT2D eigenvalue weighted by Gasteiger charge is -2.07. The average molecular weight is 473 g/mol. The summed E-state index contributed by atoms with van der Waals surface area (Å²) in [6.45, 7) is 0.219. The number of halogens is 4. The monoisotopic (exact) mass is 471 g/mol. The lowest BCUT2D eigenvalue weighted by atomic mass is 10.2. The Morgan fingerprint density at radius 3 is 2.67 bits per heavy atom. The van der Waals surface area contributed by atoms with Gasteiger partial charge in [-0.1, -0.05) is 56.5 Å². The number of aromatic nitrogens is 3. The fourth-order valence-electron chi connectivity index (χ4n) is 2.33. The molecule has 1 heterocycles.